The fraction of sp³-hybridized carbons (Fsp3) is 0.846. The molecule has 3 aliphatic rings. The highest BCUT2D eigenvalue weighted by molar-refractivity contribution is 5.70. The Hall–Kier alpha value is -1.44. The average molecular weight is 467 g/mol. The van der Waals surface area contributed by atoms with Crippen LogP contribution < -0.4 is 0 Å². The first-order chi connectivity index (χ1) is 15.3. The molecule has 1 saturated carbocycles. The molecule has 2 saturated heterocycles. The lowest BCUT2D eigenvalue weighted by atomic mass is 9.56. The Morgan fingerprint density at radius 1 is 1.30 bits per heavy atom. The first-order valence-electron chi connectivity index (χ1n) is 12.4. The van der Waals surface area contributed by atoms with Gasteiger partial charge in [-0.05, 0) is 63.4 Å². The monoisotopic (exact) mass is 466 g/mol. The Morgan fingerprint density at radius 3 is 2.55 bits per heavy atom. The van der Waals surface area contributed by atoms with Crippen LogP contribution in [0.1, 0.15) is 80.1 Å². The van der Waals surface area contributed by atoms with E-state index >= 15 is 0 Å². The van der Waals surface area contributed by atoms with Crippen molar-refractivity contribution < 1.29 is 34.0 Å². The van der Waals surface area contributed by atoms with E-state index in [1.54, 1.807) is 6.92 Å². The predicted octanol–water partition coefficient (Wildman–Crippen LogP) is 3.55. The van der Waals surface area contributed by atoms with E-state index in [-0.39, 0.29) is 29.6 Å². The molecule has 9 unspecified atom stereocenters. The Bertz CT molecular complexity index is 760. The van der Waals surface area contributed by atoms with E-state index in [0.29, 0.717) is 44.1 Å². The molecule has 2 N–H and O–H groups in total. The third-order valence-electron chi connectivity index (χ3n) is 8.21. The summed E-state index contributed by atoms with van der Waals surface area (Å²) in [5.41, 5.74) is -1.64. The van der Waals surface area contributed by atoms with Gasteiger partial charge in [-0.2, -0.15) is 0 Å². The Morgan fingerprint density at radius 2 is 1.97 bits per heavy atom. The van der Waals surface area contributed by atoms with Gasteiger partial charge in [-0.15, -0.1) is 0 Å². The molecule has 0 spiro atoms. The topological polar surface area (TPSA) is 102 Å². The number of carbonyl (C=O) groups is 2. The molecule has 7 heteroatoms. The van der Waals surface area contributed by atoms with E-state index in [1.807, 2.05) is 13.8 Å². The molecule has 0 aromatic rings. The van der Waals surface area contributed by atoms with Crippen molar-refractivity contribution in [2.24, 2.45) is 23.7 Å². The van der Waals surface area contributed by atoms with Crippen LogP contribution in [0.5, 0.6) is 0 Å². The van der Waals surface area contributed by atoms with Crippen LogP contribution in [0.3, 0.4) is 0 Å². The smallest absolute Gasteiger partial charge is 0.306 e. The van der Waals surface area contributed by atoms with Crippen LogP contribution in [0.25, 0.3) is 0 Å². The molecule has 3 fully saturated rings. The van der Waals surface area contributed by atoms with Crippen molar-refractivity contribution in [1.82, 2.24) is 0 Å². The zero-order valence-corrected chi connectivity index (χ0v) is 21.0. The highest BCUT2D eigenvalue weighted by Gasteiger charge is 2.66. The van der Waals surface area contributed by atoms with Gasteiger partial charge in [-0.3, -0.25) is 9.59 Å². The van der Waals surface area contributed by atoms with E-state index in [4.69, 9.17) is 14.2 Å². The van der Waals surface area contributed by atoms with E-state index < -0.39 is 41.6 Å². The second-order valence-corrected chi connectivity index (χ2v) is 11.1. The minimum atomic E-state index is -1.33. The number of hydrogen-bond acceptors (Lipinski definition) is 7. The first kappa shape index (κ1) is 26.2. The van der Waals surface area contributed by atoms with Crippen LogP contribution in [0.4, 0.5) is 0 Å². The van der Waals surface area contributed by atoms with Gasteiger partial charge in [-0.25, -0.2) is 0 Å². The maximum absolute atomic E-state index is 12.6. The lowest BCUT2D eigenvalue weighted by Gasteiger charge is -2.52. The van der Waals surface area contributed by atoms with Crippen LogP contribution in [-0.2, 0) is 23.8 Å². The summed E-state index contributed by atoms with van der Waals surface area (Å²) >= 11 is 0. The number of aliphatic hydroxyl groups is 2. The highest BCUT2D eigenvalue weighted by atomic mass is 16.6. The highest BCUT2D eigenvalue weighted by Crippen LogP contribution is 2.57. The van der Waals surface area contributed by atoms with E-state index in [0.717, 1.165) is 0 Å². The molecule has 9 atom stereocenters. The molecule has 0 radical (unpaired) electrons. The molecule has 2 heterocycles. The molecular formula is C26H42O7. The number of carbonyl (C=O) groups excluding carboxylic acids is 2. The van der Waals surface area contributed by atoms with Gasteiger partial charge in [0.2, 0.25) is 0 Å². The van der Waals surface area contributed by atoms with Crippen LogP contribution in [0.15, 0.2) is 12.2 Å². The summed E-state index contributed by atoms with van der Waals surface area (Å²) in [7, 11) is 0. The second-order valence-electron chi connectivity index (χ2n) is 11.1. The molecule has 2 aliphatic heterocycles. The predicted molar refractivity (Wildman–Crippen MR) is 123 cm³/mol. The number of ether oxygens (including phenoxy) is 3. The zero-order chi connectivity index (χ0) is 24.7. The summed E-state index contributed by atoms with van der Waals surface area (Å²) in [6, 6.07) is 0. The van der Waals surface area contributed by atoms with Crippen molar-refractivity contribution in [3.8, 4) is 0 Å². The molecule has 188 valence electrons. The number of aliphatic hydroxyl groups excluding tert-OH is 1. The lowest BCUT2D eigenvalue weighted by Crippen LogP contribution is -2.61. The summed E-state index contributed by atoms with van der Waals surface area (Å²) < 4.78 is 18.4. The molecule has 7 nitrogen and oxygen atoms in total. The van der Waals surface area contributed by atoms with Crippen molar-refractivity contribution >= 4 is 11.9 Å². The van der Waals surface area contributed by atoms with Gasteiger partial charge in [0.15, 0.2) is 0 Å². The normalized spacial score (nSPS) is 43.3. The standard InChI is InChI=1S/C26H42O7/c1-8-9-21(29)33-25(6)11-10-18(28)15(4)12-19-23-22(24(25)32-19)17(14(2)3)13-20(26(23,7)30)31-16(5)27/h14,17-20,22-24,28,30H,4,8-13H2,1-3,5-7H3. The second kappa shape index (κ2) is 9.67. The molecule has 33 heavy (non-hydrogen) atoms. The number of hydrogen-bond donors (Lipinski definition) is 2. The Kier molecular flexibility index (Phi) is 7.67. The van der Waals surface area contributed by atoms with Crippen molar-refractivity contribution in [2.75, 3.05) is 0 Å². The first-order valence-corrected chi connectivity index (χ1v) is 12.4. The summed E-state index contributed by atoms with van der Waals surface area (Å²) in [4.78, 5) is 24.5. The Labute approximate surface area is 197 Å². The summed E-state index contributed by atoms with van der Waals surface area (Å²) in [6.45, 7) is 15.3. The van der Waals surface area contributed by atoms with Gasteiger partial charge in [0, 0.05) is 25.2 Å². The fourth-order valence-electron chi connectivity index (χ4n) is 6.51. The van der Waals surface area contributed by atoms with Crippen molar-refractivity contribution in [2.45, 2.75) is 116 Å². The maximum Gasteiger partial charge on any atom is 0.306 e. The van der Waals surface area contributed by atoms with E-state index in [9.17, 15) is 19.8 Å². The van der Waals surface area contributed by atoms with Gasteiger partial charge in [0.1, 0.15) is 23.4 Å². The van der Waals surface area contributed by atoms with Crippen molar-refractivity contribution in [1.29, 1.82) is 0 Å². The Balaban J connectivity index is 2.10. The molecule has 3 rings (SSSR count). The molecule has 0 amide bonds. The van der Waals surface area contributed by atoms with Gasteiger partial charge in [0.25, 0.3) is 0 Å². The van der Waals surface area contributed by atoms with Crippen molar-refractivity contribution in [3.63, 3.8) is 0 Å². The third-order valence-corrected chi connectivity index (χ3v) is 8.21. The minimum absolute atomic E-state index is 0.0939. The third kappa shape index (κ3) is 5.01. The number of fused-ring (bicyclic) bond motifs is 5. The minimum Gasteiger partial charge on any atom is -0.459 e. The van der Waals surface area contributed by atoms with E-state index in [1.165, 1.54) is 6.92 Å². The SMILES string of the molecule is C=C1CC2OC(C3C(C(C)C)CC(OC(C)=O)C(C)(O)C23)C(C)(OC(=O)CCC)CCC1O. The summed E-state index contributed by atoms with van der Waals surface area (Å²) in [5.74, 6) is -0.830. The van der Waals surface area contributed by atoms with Crippen molar-refractivity contribution in [3.05, 3.63) is 12.2 Å². The molecular weight excluding hydrogens is 424 g/mol. The summed E-state index contributed by atoms with van der Waals surface area (Å²) in [5, 5.41) is 22.5. The van der Waals surface area contributed by atoms with E-state index in [2.05, 4.69) is 20.4 Å². The molecule has 2 bridgehead atoms. The van der Waals surface area contributed by atoms with Gasteiger partial charge >= 0.3 is 11.9 Å². The zero-order valence-electron chi connectivity index (χ0n) is 21.0. The molecule has 0 aromatic carbocycles. The summed E-state index contributed by atoms with van der Waals surface area (Å²) in [6.07, 6.45) is 0.491. The fourth-order valence-corrected chi connectivity index (χ4v) is 6.51. The lowest BCUT2D eigenvalue weighted by molar-refractivity contribution is -0.199. The quantitative estimate of drug-likeness (QED) is 0.472. The van der Waals surface area contributed by atoms with Crippen LogP contribution in [0, 0.1) is 23.7 Å². The van der Waals surface area contributed by atoms with Gasteiger partial charge in [0.05, 0.1) is 12.2 Å². The number of rotatable bonds is 5. The van der Waals surface area contributed by atoms with Crippen LogP contribution >= 0.6 is 0 Å². The molecule has 0 aromatic heterocycles. The molecule has 1 aliphatic carbocycles. The van der Waals surface area contributed by atoms with Gasteiger partial charge in [-0.1, -0.05) is 27.4 Å². The average Bonchev–Trinajstić information content (AvgIpc) is 3.09. The maximum atomic E-state index is 12.6. The van der Waals surface area contributed by atoms with Crippen LogP contribution in [0.2, 0.25) is 0 Å². The largest absolute Gasteiger partial charge is 0.459 e. The van der Waals surface area contributed by atoms with Crippen LogP contribution in [-0.4, -0.2) is 57.8 Å². The number of esters is 2. The van der Waals surface area contributed by atoms with Gasteiger partial charge < -0.3 is 24.4 Å².